The molecule has 0 bridgehead atoms. The smallest absolute Gasteiger partial charge is 0.258 e. The van der Waals surface area contributed by atoms with Crippen LogP contribution in [-0.4, -0.2) is 79.2 Å². The van der Waals surface area contributed by atoms with E-state index in [-0.39, 0.29) is 24.4 Å². The second-order valence-corrected chi connectivity index (χ2v) is 8.45. The quantitative estimate of drug-likeness (QED) is 0.775. The van der Waals surface area contributed by atoms with Crippen LogP contribution in [0.5, 0.6) is 5.75 Å². The summed E-state index contributed by atoms with van der Waals surface area (Å²) >= 11 is 0. The number of fused-ring (bicyclic) bond motifs is 1. The molecule has 2 N–H and O–H groups in total. The van der Waals surface area contributed by atoms with Crippen LogP contribution in [0, 0.1) is 0 Å². The van der Waals surface area contributed by atoms with Crippen LogP contribution in [-0.2, 0) is 9.53 Å². The van der Waals surface area contributed by atoms with Crippen molar-refractivity contribution in [2.75, 3.05) is 39.9 Å². The third kappa shape index (κ3) is 4.39. The van der Waals surface area contributed by atoms with Gasteiger partial charge in [0.1, 0.15) is 17.9 Å². The fourth-order valence-electron chi connectivity index (χ4n) is 4.36. The van der Waals surface area contributed by atoms with Gasteiger partial charge in [-0.3, -0.25) is 20.4 Å². The van der Waals surface area contributed by atoms with Gasteiger partial charge < -0.3 is 19.3 Å². The van der Waals surface area contributed by atoms with Crippen molar-refractivity contribution in [2.45, 2.75) is 43.9 Å². The Hall–Kier alpha value is -2.16. The summed E-state index contributed by atoms with van der Waals surface area (Å²) in [5.74, 6) is 0.374. The molecule has 4 rings (SSSR count). The zero-order valence-corrected chi connectivity index (χ0v) is 17.1. The highest BCUT2D eigenvalue weighted by atomic mass is 16.5. The molecule has 2 unspecified atom stereocenters. The maximum absolute atomic E-state index is 13.2. The van der Waals surface area contributed by atoms with Crippen molar-refractivity contribution in [3.63, 3.8) is 0 Å². The highest BCUT2D eigenvalue weighted by Gasteiger charge is 2.42. The SMILES string of the molecule is CC1CC(CN(C)C(=O)CN2CC3(CCOCC3)Oc3ccccc3C2=O)NN1. The lowest BCUT2D eigenvalue weighted by molar-refractivity contribution is -0.131. The van der Waals surface area contributed by atoms with E-state index in [2.05, 4.69) is 17.8 Å². The van der Waals surface area contributed by atoms with Gasteiger partial charge in [-0.1, -0.05) is 12.1 Å². The topological polar surface area (TPSA) is 83.1 Å². The fraction of sp³-hybridized carbons (Fsp3) is 0.619. The summed E-state index contributed by atoms with van der Waals surface area (Å²) in [6, 6.07) is 7.91. The van der Waals surface area contributed by atoms with Crippen LogP contribution in [0.1, 0.15) is 36.5 Å². The molecule has 3 aliphatic rings. The van der Waals surface area contributed by atoms with Crippen LogP contribution in [0.2, 0.25) is 0 Å². The average molecular weight is 402 g/mol. The summed E-state index contributed by atoms with van der Waals surface area (Å²) < 4.78 is 11.9. The highest BCUT2D eigenvalue weighted by molar-refractivity contribution is 5.99. The number of benzene rings is 1. The maximum Gasteiger partial charge on any atom is 0.258 e. The number of para-hydroxylation sites is 1. The van der Waals surface area contributed by atoms with Crippen LogP contribution in [0.3, 0.4) is 0 Å². The van der Waals surface area contributed by atoms with Gasteiger partial charge in [0.25, 0.3) is 5.91 Å². The standard InChI is InChI=1S/C21H30N4O4/c1-15-11-16(23-22-15)12-24(2)19(26)13-25-14-21(7-9-28-10-8-21)29-18-6-4-3-5-17(18)20(25)27/h3-6,15-16,22-23H,7-14H2,1-2H3. The lowest BCUT2D eigenvalue weighted by atomic mass is 9.93. The first-order valence-corrected chi connectivity index (χ1v) is 10.4. The Morgan fingerprint density at radius 2 is 2.03 bits per heavy atom. The summed E-state index contributed by atoms with van der Waals surface area (Å²) in [4.78, 5) is 29.5. The number of nitrogens with one attached hydrogen (secondary N) is 2. The Kier molecular flexibility index (Phi) is 5.76. The number of nitrogens with zero attached hydrogens (tertiary/aromatic N) is 2. The molecule has 158 valence electrons. The Balaban J connectivity index is 1.50. The monoisotopic (exact) mass is 402 g/mol. The second kappa shape index (κ2) is 8.30. The number of hydrazine groups is 1. The minimum Gasteiger partial charge on any atom is -0.484 e. The number of hydrogen-bond acceptors (Lipinski definition) is 6. The van der Waals surface area contributed by atoms with Crippen molar-refractivity contribution < 1.29 is 19.1 Å². The first kappa shape index (κ1) is 20.1. The third-order valence-corrected chi connectivity index (χ3v) is 6.03. The summed E-state index contributed by atoms with van der Waals surface area (Å²) in [7, 11) is 1.80. The predicted octanol–water partition coefficient (Wildman–Crippen LogP) is 0.784. The molecule has 2 amide bonds. The van der Waals surface area contributed by atoms with E-state index in [1.807, 2.05) is 18.2 Å². The largest absolute Gasteiger partial charge is 0.484 e. The van der Waals surface area contributed by atoms with Crippen LogP contribution < -0.4 is 15.6 Å². The van der Waals surface area contributed by atoms with E-state index in [4.69, 9.17) is 9.47 Å². The zero-order chi connectivity index (χ0) is 20.4. The minimum absolute atomic E-state index is 0.0470. The molecule has 0 radical (unpaired) electrons. The van der Waals surface area contributed by atoms with Gasteiger partial charge in [-0.25, -0.2) is 0 Å². The number of carbonyl (C=O) groups is 2. The van der Waals surface area contributed by atoms with Gasteiger partial charge in [-0.05, 0) is 25.5 Å². The second-order valence-electron chi connectivity index (χ2n) is 8.45. The van der Waals surface area contributed by atoms with Crippen molar-refractivity contribution >= 4 is 11.8 Å². The van der Waals surface area contributed by atoms with Crippen molar-refractivity contribution in [3.05, 3.63) is 29.8 Å². The van der Waals surface area contributed by atoms with Crippen LogP contribution in [0.4, 0.5) is 0 Å². The van der Waals surface area contributed by atoms with Crippen LogP contribution >= 0.6 is 0 Å². The Labute approximate surface area is 171 Å². The van der Waals surface area contributed by atoms with E-state index in [1.54, 1.807) is 22.9 Å². The molecule has 3 aliphatic heterocycles. The highest BCUT2D eigenvalue weighted by Crippen LogP contribution is 2.34. The summed E-state index contributed by atoms with van der Waals surface area (Å²) in [6.45, 7) is 4.34. The average Bonchev–Trinajstić information content (AvgIpc) is 3.08. The van der Waals surface area contributed by atoms with Gasteiger partial charge >= 0.3 is 0 Å². The van der Waals surface area contributed by atoms with Gasteiger partial charge in [-0.15, -0.1) is 0 Å². The summed E-state index contributed by atoms with van der Waals surface area (Å²) in [6.07, 6.45) is 2.36. The van der Waals surface area contributed by atoms with Crippen molar-refractivity contribution in [1.29, 1.82) is 0 Å². The molecule has 1 spiro atoms. The number of hydrogen-bond donors (Lipinski definition) is 2. The van der Waals surface area contributed by atoms with Crippen molar-refractivity contribution in [3.8, 4) is 5.75 Å². The third-order valence-electron chi connectivity index (χ3n) is 6.03. The molecule has 0 aromatic heterocycles. The Bertz CT molecular complexity index is 765. The lowest BCUT2D eigenvalue weighted by Gasteiger charge is -2.39. The minimum atomic E-state index is -0.508. The molecule has 8 heteroatoms. The molecule has 3 heterocycles. The number of amides is 2. The number of likely N-dealkylation sites (N-methyl/N-ethyl adjacent to an activating group) is 1. The zero-order valence-electron chi connectivity index (χ0n) is 17.1. The van der Waals surface area contributed by atoms with Gasteiger partial charge in [0, 0.05) is 38.5 Å². The normalized spacial score (nSPS) is 26.0. The van der Waals surface area contributed by atoms with E-state index < -0.39 is 5.60 Å². The van der Waals surface area contributed by atoms with Crippen LogP contribution in [0.25, 0.3) is 0 Å². The first-order chi connectivity index (χ1) is 14.0. The van der Waals surface area contributed by atoms with Crippen molar-refractivity contribution in [1.82, 2.24) is 20.7 Å². The number of ether oxygens (including phenoxy) is 2. The van der Waals surface area contributed by atoms with E-state index >= 15 is 0 Å². The molecule has 1 aromatic carbocycles. The summed E-state index contributed by atoms with van der Waals surface area (Å²) in [5.41, 5.74) is 6.40. The molecule has 8 nitrogen and oxygen atoms in total. The van der Waals surface area contributed by atoms with Gasteiger partial charge in [0.05, 0.1) is 25.3 Å². The maximum atomic E-state index is 13.2. The molecule has 1 aromatic rings. The number of carbonyl (C=O) groups excluding carboxylic acids is 2. The van der Waals surface area contributed by atoms with E-state index in [1.165, 1.54) is 0 Å². The lowest BCUT2D eigenvalue weighted by Crippen LogP contribution is -2.53. The molecule has 2 fully saturated rings. The van der Waals surface area contributed by atoms with E-state index in [0.717, 1.165) is 6.42 Å². The molecular formula is C21H30N4O4. The van der Waals surface area contributed by atoms with Crippen molar-refractivity contribution in [2.24, 2.45) is 0 Å². The number of rotatable bonds is 4. The summed E-state index contributed by atoms with van der Waals surface area (Å²) in [5, 5.41) is 0. The van der Waals surface area contributed by atoms with E-state index in [0.29, 0.717) is 56.5 Å². The molecule has 0 saturated carbocycles. The van der Waals surface area contributed by atoms with E-state index in [9.17, 15) is 9.59 Å². The Morgan fingerprint density at radius 1 is 1.28 bits per heavy atom. The first-order valence-electron chi connectivity index (χ1n) is 10.4. The van der Waals surface area contributed by atoms with Gasteiger partial charge in [0.2, 0.25) is 5.91 Å². The molecule has 0 aliphatic carbocycles. The van der Waals surface area contributed by atoms with Gasteiger partial charge in [-0.2, -0.15) is 0 Å². The predicted molar refractivity (Wildman–Crippen MR) is 108 cm³/mol. The molecular weight excluding hydrogens is 372 g/mol. The fourth-order valence-corrected chi connectivity index (χ4v) is 4.36. The Morgan fingerprint density at radius 3 is 2.76 bits per heavy atom. The van der Waals surface area contributed by atoms with Crippen LogP contribution in [0.15, 0.2) is 24.3 Å². The van der Waals surface area contributed by atoms with Gasteiger partial charge in [0.15, 0.2) is 0 Å². The molecule has 2 atom stereocenters. The molecule has 29 heavy (non-hydrogen) atoms. The molecule has 2 saturated heterocycles.